The van der Waals surface area contributed by atoms with E-state index in [0.717, 1.165) is 17.7 Å². The molecule has 0 fully saturated rings. The van der Waals surface area contributed by atoms with Crippen molar-refractivity contribution in [1.82, 2.24) is 0 Å². The third-order valence-electron chi connectivity index (χ3n) is 2.96. The number of hydrogen-bond acceptors (Lipinski definition) is 3. The highest BCUT2D eigenvalue weighted by Gasteiger charge is 2.15. The Morgan fingerprint density at radius 2 is 1.95 bits per heavy atom. The van der Waals surface area contributed by atoms with E-state index < -0.39 is 16.4 Å². The second-order valence-electron chi connectivity index (χ2n) is 4.46. The summed E-state index contributed by atoms with van der Waals surface area (Å²) in [7, 11) is 0. The van der Waals surface area contributed by atoms with Crippen molar-refractivity contribution >= 4 is 34.6 Å². The molecule has 1 atom stereocenters. The maximum absolute atomic E-state index is 13.6. The van der Waals surface area contributed by atoms with Crippen molar-refractivity contribution in [3.63, 3.8) is 0 Å². The molecule has 0 bridgehead atoms. The lowest BCUT2D eigenvalue weighted by Gasteiger charge is -2.17. The number of halogens is 3. The average molecular weight is 329 g/mol. The van der Waals surface area contributed by atoms with Crippen molar-refractivity contribution in [2.75, 3.05) is 5.32 Å². The molecule has 110 valence electrons. The van der Waals surface area contributed by atoms with Gasteiger partial charge in [0.15, 0.2) is 0 Å². The van der Waals surface area contributed by atoms with Gasteiger partial charge in [-0.1, -0.05) is 29.3 Å². The highest BCUT2D eigenvalue weighted by Crippen LogP contribution is 2.29. The molecule has 0 spiro atoms. The Kier molecular flexibility index (Phi) is 4.65. The Labute approximate surface area is 130 Å². The van der Waals surface area contributed by atoms with Crippen LogP contribution in [-0.4, -0.2) is 4.92 Å². The molecule has 0 aliphatic heterocycles. The van der Waals surface area contributed by atoms with E-state index in [1.54, 1.807) is 18.2 Å². The molecule has 2 aromatic carbocycles. The van der Waals surface area contributed by atoms with E-state index in [2.05, 4.69) is 5.32 Å². The van der Waals surface area contributed by atoms with Crippen molar-refractivity contribution in [2.45, 2.75) is 13.0 Å². The topological polar surface area (TPSA) is 55.2 Å². The minimum Gasteiger partial charge on any atom is -0.378 e. The van der Waals surface area contributed by atoms with Gasteiger partial charge in [0.2, 0.25) is 5.82 Å². The number of rotatable bonds is 4. The van der Waals surface area contributed by atoms with Crippen LogP contribution in [0.2, 0.25) is 10.0 Å². The summed E-state index contributed by atoms with van der Waals surface area (Å²) in [4.78, 5) is 9.80. The summed E-state index contributed by atoms with van der Waals surface area (Å²) < 4.78 is 13.6. The largest absolute Gasteiger partial charge is 0.378 e. The molecular weight excluding hydrogens is 318 g/mol. The molecule has 0 saturated carbocycles. The first-order valence-electron chi connectivity index (χ1n) is 6.04. The maximum atomic E-state index is 13.6. The summed E-state index contributed by atoms with van der Waals surface area (Å²) >= 11 is 11.9. The predicted octanol–water partition coefficient (Wildman–Crippen LogP) is 5.21. The van der Waals surface area contributed by atoms with Crippen molar-refractivity contribution < 1.29 is 9.31 Å². The van der Waals surface area contributed by atoms with Crippen LogP contribution < -0.4 is 5.32 Å². The molecule has 0 saturated heterocycles. The normalized spacial score (nSPS) is 12.0. The molecule has 0 aliphatic carbocycles. The van der Waals surface area contributed by atoms with E-state index in [4.69, 9.17) is 23.2 Å². The second-order valence-corrected chi connectivity index (χ2v) is 5.30. The van der Waals surface area contributed by atoms with Gasteiger partial charge in [0, 0.05) is 33.9 Å². The zero-order valence-corrected chi connectivity index (χ0v) is 12.5. The predicted molar refractivity (Wildman–Crippen MR) is 81.6 cm³/mol. The third-order valence-corrected chi connectivity index (χ3v) is 3.52. The number of benzene rings is 2. The zero-order chi connectivity index (χ0) is 15.6. The van der Waals surface area contributed by atoms with Crippen LogP contribution in [0.5, 0.6) is 0 Å². The molecule has 1 N–H and O–H groups in total. The molecule has 0 aliphatic rings. The Morgan fingerprint density at radius 3 is 2.52 bits per heavy atom. The smallest absolute Gasteiger partial charge is 0.304 e. The van der Waals surface area contributed by atoms with Crippen LogP contribution in [0.1, 0.15) is 18.5 Å². The first-order chi connectivity index (χ1) is 9.88. The molecule has 7 heteroatoms. The maximum Gasteiger partial charge on any atom is 0.304 e. The Balaban J connectivity index is 2.21. The highest BCUT2D eigenvalue weighted by molar-refractivity contribution is 6.35. The fourth-order valence-electron chi connectivity index (χ4n) is 1.93. The second kappa shape index (κ2) is 6.28. The Bertz CT molecular complexity index is 695. The summed E-state index contributed by atoms with van der Waals surface area (Å²) in [5.41, 5.74) is 0.661. The van der Waals surface area contributed by atoms with Crippen LogP contribution in [0.25, 0.3) is 0 Å². The van der Waals surface area contributed by atoms with Crippen LogP contribution in [-0.2, 0) is 0 Å². The highest BCUT2D eigenvalue weighted by atomic mass is 35.5. The van der Waals surface area contributed by atoms with Gasteiger partial charge in [-0.3, -0.25) is 10.1 Å². The molecular formula is C14H11Cl2FN2O2. The molecule has 2 rings (SSSR count). The molecule has 21 heavy (non-hydrogen) atoms. The number of nitro groups is 1. The number of anilines is 1. The summed E-state index contributed by atoms with van der Waals surface area (Å²) in [5, 5.41) is 14.6. The molecule has 0 amide bonds. The van der Waals surface area contributed by atoms with Gasteiger partial charge in [0.1, 0.15) is 0 Å². The Hall–Kier alpha value is -1.85. The molecule has 2 aromatic rings. The number of nitro benzene ring substituents is 1. The van der Waals surface area contributed by atoms with Crippen LogP contribution in [0.15, 0.2) is 36.4 Å². The first-order valence-corrected chi connectivity index (χ1v) is 6.79. The van der Waals surface area contributed by atoms with E-state index >= 15 is 0 Å². The first kappa shape index (κ1) is 15.5. The summed E-state index contributed by atoms with van der Waals surface area (Å²) in [6, 6.07) is 8.53. The van der Waals surface area contributed by atoms with Gasteiger partial charge in [0.25, 0.3) is 0 Å². The van der Waals surface area contributed by atoms with Gasteiger partial charge in [-0.2, -0.15) is 4.39 Å². The fraction of sp³-hybridized carbons (Fsp3) is 0.143. The average Bonchev–Trinajstić information content (AvgIpc) is 2.37. The number of nitrogens with zero attached hydrogens (tertiary/aromatic N) is 1. The third kappa shape index (κ3) is 3.62. The lowest BCUT2D eigenvalue weighted by molar-refractivity contribution is -0.387. The number of hydrogen-bond donors (Lipinski definition) is 1. The van der Waals surface area contributed by atoms with E-state index in [9.17, 15) is 14.5 Å². The van der Waals surface area contributed by atoms with Gasteiger partial charge < -0.3 is 5.32 Å². The molecule has 0 radical (unpaired) electrons. The van der Waals surface area contributed by atoms with Gasteiger partial charge in [-0.05, 0) is 30.7 Å². The summed E-state index contributed by atoms with van der Waals surface area (Å²) in [6.07, 6.45) is 0. The van der Waals surface area contributed by atoms with Crippen LogP contribution >= 0.6 is 23.2 Å². The van der Waals surface area contributed by atoms with Crippen molar-refractivity contribution in [1.29, 1.82) is 0 Å². The minimum absolute atomic E-state index is 0.212. The zero-order valence-electron chi connectivity index (χ0n) is 10.9. The van der Waals surface area contributed by atoms with Crippen LogP contribution in [0, 0.1) is 15.9 Å². The van der Waals surface area contributed by atoms with E-state index in [-0.39, 0.29) is 6.04 Å². The lowest BCUT2D eigenvalue weighted by atomic mass is 10.1. The minimum atomic E-state index is -0.889. The van der Waals surface area contributed by atoms with Crippen molar-refractivity contribution in [3.8, 4) is 0 Å². The van der Waals surface area contributed by atoms with Crippen LogP contribution in [0.3, 0.4) is 0 Å². The molecule has 1 unspecified atom stereocenters. The molecule has 0 heterocycles. The fourth-order valence-corrected chi connectivity index (χ4v) is 2.50. The van der Waals surface area contributed by atoms with Gasteiger partial charge >= 0.3 is 5.69 Å². The standard InChI is InChI=1S/C14H11Cl2FN2O2/c1-8(11-4-2-9(15)6-12(11)16)18-10-3-5-14(19(20)21)13(17)7-10/h2-8,18H,1H3. The lowest BCUT2D eigenvalue weighted by Crippen LogP contribution is -2.07. The van der Waals surface area contributed by atoms with Gasteiger partial charge in [0.05, 0.1) is 4.92 Å². The molecule has 0 aromatic heterocycles. The van der Waals surface area contributed by atoms with Gasteiger partial charge in [-0.15, -0.1) is 0 Å². The van der Waals surface area contributed by atoms with E-state index in [1.807, 2.05) is 6.92 Å². The van der Waals surface area contributed by atoms with Crippen LogP contribution in [0.4, 0.5) is 15.8 Å². The molecule has 4 nitrogen and oxygen atoms in total. The van der Waals surface area contributed by atoms with Gasteiger partial charge in [-0.25, -0.2) is 0 Å². The Morgan fingerprint density at radius 1 is 1.24 bits per heavy atom. The summed E-state index contributed by atoms with van der Waals surface area (Å²) in [5.74, 6) is -0.889. The number of nitrogens with one attached hydrogen (secondary N) is 1. The monoisotopic (exact) mass is 328 g/mol. The SMILES string of the molecule is CC(Nc1ccc([N+](=O)[O-])c(F)c1)c1ccc(Cl)cc1Cl. The quantitative estimate of drug-likeness (QED) is 0.618. The van der Waals surface area contributed by atoms with Crippen molar-refractivity contribution in [3.05, 3.63) is 67.9 Å². The van der Waals surface area contributed by atoms with Crippen molar-refractivity contribution in [2.24, 2.45) is 0 Å². The van der Waals surface area contributed by atoms with E-state index in [0.29, 0.717) is 15.7 Å². The van der Waals surface area contributed by atoms with E-state index in [1.165, 1.54) is 6.07 Å². The summed E-state index contributed by atoms with van der Waals surface area (Å²) in [6.45, 7) is 1.84.